The first kappa shape index (κ1) is 13.8. The molecule has 0 bridgehead atoms. The zero-order chi connectivity index (χ0) is 12.3. The van der Waals surface area contributed by atoms with E-state index in [-0.39, 0.29) is 6.54 Å². The molecule has 0 radical (unpaired) electrons. The summed E-state index contributed by atoms with van der Waals surface area (Å²) in [4.78, 5) is 12.3. The molecule has 2 atom stereocenters. The molecule has 1 fully saturated rings. The van der Waals surface area contributed by atoms with E-state index >= 15 is 0 Å². The van der Waals surface area contributed by atoms with Gasteiger partial charge >= 0.3 is 5.97 Å². The Morgan fingerprint density at radius 2 is 2.31 bits per heavy atom. The average molecular weight is 268 g/mol. The van der Waals surface area contributed by atoms with Crippen LogP contribution >= 0.6 is 11.8 Å². The van der Waals surface area contributed by atoms with Crippen LogP contribution in [0.1, 0.15) is 0 Å². The van der Waals surface area contributed by atoms with Crippen molar-refractivity contribution in [3.63, 3.8) is 0 Å². The molecule has 0 aliphatic carbocycles. The summed E-state index contributed by atoms with van der Waals surface area (Å²) in [6, 6.07) is -1.03. The molecular weight excluding hydrogens is 252 g/mol. The van der Waals surface area contributed by atoms with E-state index in [2.05, 4.69) is 0 Å². The zero-order valence-electron chi connectivity index (χ0n) is 9.00. The number of rotatable bonds is 4. The zero-order valence-corrected chi connectivity index (χ0v) is 10.6. The van der Waals surface area contributed by atoms with E-state index in [4.69, 9.17) is 10.8 Å². The number of nitrogens with zero attached hydrogens (tertiary/aromatic N) is 1. The molecule has 8 heteroatoms. The van der Waals surface area contributed by atoms with Crippen molar-refractivity contribution in [1.29, 1.82) is 0 Å². The van der Waals surface area contributed by atoms with Gasteiger partial charge in [-0.25, -0.2) is 8.42 Å². The van der Waals surface area contributed by atoms with Crippen LogP contribution in [0, 0.1) is 0 Å². The van der Waals surface area contributed by atoms with Crippen molar-refractivity contribution in [2.24, 2.45) is 5.73 Å². The van der Waals surface area contributed by atoms with Gasteiger partial charge in [0.25, 0.3) is 0 Å². The quantitative estimate of drug-likeness (QED) is 0.661. The largest absolute Gasteiger partial charge is 0.480 e. The molecule has 0 amide bonds. The van der Waals surface area contributed by atoms with E-state index in [0.717, 1.165) is 5.75 Å². The molecule has 1 aliphatic rings. The Bertz CT molecular complexity index is 357. The van der Waals surface area contributed by atoms with Gasteiger partial charge in [0.05, 0.1) is 0 Å². The first-order valence-corrected chi connectivity index (χ1v) is 7.92. The summed E-state index contributed by atoms with van der Waals surface area (Å²) >= 11 is 1.56. The second-order valence-corrected chi connectivity index (χ2v) is 7.15. The highest BCUT2D eigenvalue weighted by molar-refractivity contribution is 8.00. The Morgan fingerprint density at radius 1 is 1.69 bits per heavy atom. The molecule has 0 aromatic rings. The van der Waals surface area contributed by atoms with Crippen LogP contribution in [-0.4, -0.2) is 66.7 Å². The van der Waals surface area contributed by atoms with E-state index in [1.54, 1.807) is 16.7 Å². The number of thioether (sulfide) groups is 1. The maximum absolute atomic E-state index is 11.5. The molecule has 0 aromatic carbocycles. The lowest BCUT2D eigenvalue weighted by Crippen LogP contribution is -2.52. The van der Waals surface area contributed by atoms with Crippen LogP contribution in [0.2, 0.25) is 0 Å². The highest BCUT2D eigenvalue weighted by Crippen LogP contribution is 2.20. The molecule has 2 unspecified atom stereocenters. The fourth-order valence-corrected chi connectivity index (χ4v) is 4.50. The summed E-state index contributed by atoms with van der Waals surface area (Å²) in [6.45, 7) is 0.636. The normalized spacial score (nSPS) is 25.2. The number of carboxylic acid groups (broad SMARTS) is 1. The molecular formula is C8H16N2O4S2. The molecule has 1 heterocycles. The van der Waals surface area contributed by atoms with Crippen molar-refractivity contribution in [1.82, 2.24) is 4.90 Å². The number of aliphatic carboxylic acids is 1. The third kappa shape index (κ3) is 3.62. The Kier molecular flexibility index (Phi) is 4.60. The number of carboxylic acids is 1. The van der Waals surface area contributed by atoms with Crippen LogP contribution in [0.5, 0.6) is 0 Å². The van der Waals surface area contributed by atoms with Crippen molar-refractivity contribution < 1.29 is 18.3 Å². The Morgan fingerprint density at radius 3 is 2.81 bits per heavy atom. The summed E-state index contributed by atoms with van der Waals surface area (Å²) < 4.78 is 23.0. The minimum absolute atomic E-state index is 0.0770. The molecule has 0 aromatic heterocycles. The van der Waals surface area contributed by atoms with Crippen LogP contribution < -0.4 is 5.73 Å². The minimum atomic E-state index is -3.19. The van der Waals surface area contributed by atoms with Gasteiger partial charge in [0.15, 0.2) is 9.84 Å². The van der Waals surface area contributed by atoms with E-state index in [1.807, 2.05) is 0 Å². The summed E-state index contributed by atoms with van der Waals surface area (Å²) in [7, 11) is -3.19. The Labute approximate surface area is 99.1 Å². The van der Waals surface area contributed by atoms with E-state index in [0.29, 0.717) is 12.3 Å². The average Bonchev–Trinajstić information content (AvgIpc) is 2.16. The van der Waals surface area contributed by atoms with E-state index in [1.165, 1.54) is 6.26 Å². The first-order valence-electron chi connectivity index (χ1n) is 4.81. The third-order valence-electron chi connectivity index (χ3n) is 2.43. The number of sulfone groups is 1. The number of hydrogen-bond acceptors (Lipinski definition) is 6. The van der Waals surface area contributed by atoms with Crippen molar-refractivity contribution in [2.45, 2.75) is 11.4 Å². The molecule has 3 N–H and O–H groups in total. The molecule has 0 spiro atoms. The molecule has 16 heavy (non-hydrogen) atoms. The fourth-order valence-electron chi connectivity index (χ4n) is 1.55. The topological polar surface area (TPSA) is 101 Å². The molecule has 6 nitrogen and oxygen atoms in total. The highest BCUT2D eigenvalue weighted by Gasteiger charge is 2.32. The lowest BCUT2D eigenvalue weighted by atomic mass is 10.3. The summed E-state index contributed by atoms with van der Waals surface area (Å²) in [5.74, 6) is 0.175. The van der Waals surface area contributed by atoms with Gasteiger partial charge < -0.3 is 10.8 Å². The molecule has 1 rings (SSSR count). The Hall–Kier alpha value is -0.310. The minimum Gasteiger partial charge on any atom is -0.480 e. The van der Waals surface area contributed by atoms with Gasteiger partial charge in [-0.3, -0.25) is 9.69 Å². The number of nitrogens with two attached hydrogens (primary N) is 1. The van der Waals surface area contributed by atoms with E-state index in [9.17, 15) is 13.2 Å². The van der Waals surface area contributed by atoms with Crippen LogP contribution in [0.3, 0.4) is 0 Å². The molecule has 94 valence electrons. The van der Waals surface area contributed by atoms with Crippen molar-refractivity contribution in [3.8, 4) is 0 Å². The van der Waals surface area contributed by atoms with E-state index < -0.39 is 27.2 Å². The van der Waals surface area contributed by atoms with Crippen molar-refractivity contribution in [3.05, 3.63) is 0 Å². The van der Waals surface area contributed by atoms with Gasteiger partial charge in [-0.2, -0.15) is 11.8 Å². The predicted molar refractivity (Wildman–Crippen MR) is 63.1 cm³/mol. The number of hydrogen-bond donors (Lipinski definition) is 2. The predicted octanol–water partition coefficient (Wildman–Crippen LogP) is -1.18. The number of carbonyl (C=O) groups is 1. The maximum Gasteiger partial charge on any atom is 0.321 e. The summed E-state index contributed by atoms with van der Waals surface area (Å²) in [6.07, 6.45) is 1.17. The van der Waals surface area contributed by atoms with Gasteiger partial charge in [0, 0.05) is 30.9 Å². The highest BCUT2D eigenvalue weighted by atomic mass is 32.2. The van der Waals surface area contributed by atoms with Gasteiger partial charge in [-0.15, -0.1) is 0 Å². The van der Waals surface area contributed by atoms with Crippen LogP contribution in [-0.2, 0) is 14.6 Å². The van der Waals surface area contributed by atoms with Crippen LogP contribution in [0.25, 0.3) is 0 Å². The van der Waals surface area contributed by atoms with Crippen LogP contribution in [0.4, 0.5) is 0 Å². The van der Waals surface area contributed by atoms with Crippen molar-refractivity contribution >= 4 is 27.6 Å². The molecule has 1 saturated heterocycles. The SMILES string of the molecule is CS(=O)(=O)C1CSCCN1CC(N)C(=O)O. The van der Waals surface area contributed by atoms with Crippen molar-refractivity contribution in [2.75, 3.05) is 30.9 Å². The molecule has 1 aliphatic heterocycles. The summed E-state index contributed by atoms with van der Waals surface area (Å²) in [5, 5.41) is 8.08. The summed E-state index contributed by atoms with van der Waals surface area (Å²) in [5.41, 5.74) is 5.41. The third-order valence-corrected chi connectivity index (χ3v) is 5.12. The Balaban J connectivity index is 2.72. The second-order valence-electron chi connectivity index (χ2n) is 3.80. The lowest BCUT2D eigenvalue weighted by molar-refractivity contribution is -0.139. The van der Waals surface area contributed by atoms with Gasteiger partial charge in [-0.05, 0) is 0 Å². The van der Waals surface area contributed by atoms with Gasteiger partial charge in [0.1, 0.15) is 11.4 Å². The maximum atomic E-state index is 11.5. The lowest BCUT2D eigenvalue weighted by Gasteiger charge is -2.34. The fraction of sp³-hybridized carbons (Fsp3) is 0.875. The van der Waals surface area contributed by atoms with Gasteiger partial charge in [0.2, 0.25) is 0 Å². The second kappa shape index (κ2) is 5.35. The standard InChI is InChI=1S/C8H16N2O4S2/c1-16(13,14)7-5-15-3-2-10(7)4-6(9)8(11)12/h6-7H,2-5,9H2,1H3,(H,11,12). The van der Waals surface area contributed by atoms with Gasteiger partial charge in [-0.1, -0.05) is 0 Å². The molecule has 0 saturated carbocycles. The monoisotopic (exact) mass is 268 g/mol. The smallest absolute Gasteiger partial charge is 0.321 e. The van der Waals surface area contributed by atoms with Crippen LogP contribution in [0.15, 0.2) is 0 Å². The first-order chi connectivity index (χ1) is 7.32.